The molecular weight excluding hydrogens is 369 g/mol. The Morgan fingerprint density at radius 1 is 1.19 bits per heavy atom. The van der Waals surface area contributed by atoms with Crippen LogP contribution in [0.5, 0.6) is 5.75 Å². The molecule has 2 aromatic rings. The number of hydrogen-bond donors (Lipinski definition) is 2. The van der Waals surface area contributed by atoms with Crippen LogP contribution in [0, 0.1) is 0 Å². The molecule has 0 spiro atoms. The molecule has 0 aliphatic rings. The Bertz CT molecular complexity index is 736. The van der Waals surface area contributed by atoms with Crippen LogP contribution in [0.15, 0.2) is 47.6 Å². The van der Waals surface area contributed by atoms with Gasteiger partial charge in [0.2, 0.25) is 0 Å². The molecular formula is C17H18ClF3N4O. The smallest absolute Gasteiger partial charge is 0.405 e. The molecule has 26 heavy (non-hydrogen) atoms. The monoisotopic (exact) mass is 386 g/mol. The molecule has 0 saturated carbocycles. The van der Waals surface area contributed by atoms with Crippen molar-refractivity contribution in [1.29, 1.82) is 0 Å². The molecule has 5 nitrogen and oxygen atoms in total. The second-order valence-electron chi connectivity index (χ2n) is 5.25. The molecule has 2 rings (SSSR count). The minimum atomic E-state index is -4.73. The highest BCUT2D eigenvalue weighted by atomic mass is 35.5. The second-order valence-corrected chi connectivity index (χ2v) is 5.63. The fourth-order valence-corrected chi connectivity index (χ4v) is 2.27. The average molecular weight is 387 g/mol. The van der Waals surface area contributed by atoms with Gasteiger partial charge in [0.05, 0.1) is 0 Å². The zero-order valence-corrected chi connectivity index (χ0v) is 14.7. The lowest BCUT2D eigenvalue weighted by Crippen LogP contribution is -2.38. The second kappa shape index (κ2) is 9.28. The summed E-state index contributed by atoms with van der Waals surface area (Å²) >= 11 is 5.73. The van der Waals surface area contributed by atoms with Crippen molar-refractivity contribution in [3.05, 3.63) is 58.9 Å². The van der Waals surface area contributed by atoms with E-state index in [4.69, 9.17) is 11.6 Å². The zero-order valence-electron chi connectivity index (χ0n) is 14.0. The lowest BCUT2D eigenvalue weighted by atomic mass is 10.2. The minimum absolute atomic E-state index is 0.133. The molecule has 2 N–H and O–H groups in total. The van der Waals surface area contributed by atoms with Gasteiger partial charge in [-0.25, -0.2) is 4.98 Å². The van der Waals surface area contributed by atoms with Gasteiger partial charge in [0.1, 0.15) is 10.9 Å². The van der Waals surface area contributed by atoms with Crippen LogP contribution in [0.2, 0.25) is 5.15 Å². The number of benzene rings is 1. The summed E-state index contributed by atoms with van der Waals surface area (Å²) in [6.07, 6.45) is -2.35. The van der Waals surface area contributed by atoms with Gasteiger partial charge in [-0.3, -0.25) is 4.99 Å². The molecule has 0 aliphatic carbocycles. The van der Waals surface area contributed by atoms with E-state index in [1.807, 2.05) is 6.07 Å². The van der Waals surface area contributed by atoms with Crippen molar-refractivity contribution >= 4 is 17.6 Å². The van der Waals surface area contributed by atoms with Crippen LogP contribution in [-0.4, -0.2) is 30.9 Å². The van der Waals surface area contributed by atoms with E-state index in [-0.39, 0.29) is 12.3 Å². The number of alkyl halides is 3. The van der Waals surface area contributed by atoms with Crippen LogP contribution in [0.1, 0.15) is 11.1 Å². The molecule has 0 fully saturated rings. The fraction of sp³-hybridized carbons (Fsp3) is 0.294. The molecule has 0 aliphatic heterocycles. The van der Waals surface area contributed by atoms with Crippen LogP contribution in [-0.2, 0) is 13.0 Å². The van der Waals surface area contributed by atoms with Crippen molar-refractivity contribution in [2.24, 2.45) is 4.99 Å². The molecule has 0 radical (unpaired) electrons. The highest BCUT2D eigenvalue weighted by Crippen LogP contribution is 2.25. The predicted octanol–water partition coefficient (Wildman–Crippen LogP) is 3.54. The van der Waals surface area contributed by atoms with E-state index in [2.05, 4.69) is 25.3 Å². The van der Waals surface area contributed by atoms with Crippen molar-refractivity contribution in [3.8, 4) is 5.75 Å². The van der Waals surface area contributed by atoms with Crippen LogP contribution >= 0.6 is 11.6 Å². The Kier molecular flexibility index (Phi) is 7.08. The van der Waals surface area contributed by atoms with E-state index in [1.165, 1.54) is 12.1 Å². The number of guanidine groups is 1. The number of ether oxygens (including phenoxy) is 1. The number of nitrogens with one attached hydrogen (secondary N) is 2. The summed E-state index contributed by atoms with van der Waals surface area (Å²) in [6, 6.07) is 9.54. The van der Waals surface area contributed by atoms with Crippen molar-refractivity contribution in [1.82, 2.24) is 15.6 Å². The predicted molar refractivity (Wildman–Crippen MR) is 94.3 cm³/mol. The molecule has 1 aromatic heterocycles. The number of nitrogens with zero attached hydrogens (tertiary/aromatic N) is 2. The van der Waals surface area contributed by atoms with E-state index >= 15 is 0 Å². The largest absolute Gasteiger partial charge is 0.573 e. The minimum Gasteiger partial charge on any atom is -0.405 e. The van der Waals surface area contributed by atoms with E-state index in [0.29, 0.717) is 29.6 Å². The molecule has 1 aromatic carbocycles. The van der Waals surface area contributed by atoms with E-state index in [1.54, 1.807) is 31.4 Å². The first-order valence-corrected chi connectivity index (χ1v) is 8.14. The Balaban J connectivity index is 1.86. The number of hydrogen-bond acceptors (Lipinski definition) is 3. The van der Waals surface area contributed by atoms with E-state index in [9.17, 15) is 13.2 Å². The maximum absolute atomic E-state index is 12.4. The lowest BCUT2D eigenvalue weighted by molar-refractivity contribution is -0.274. The van der Waals surface area contributed by atoms with Gasteiger partial charge in [0, 0.05) is 31.9 Å². The first-order chi connectivity index (χ1) is 12.4. The van der Waals surface area contributed by atoms with Crippen molar-refractivity contribution in [3.63, 3.8) is 0 Å². The zero-order chi connectivity index (χ0) is 19.0. The molecule has 0 saturated heterocycles. The molecule has 0 atom stereocenters. The van der Waals surface area contributed by atoms with Crippen molar-refractivity contribution < 1.29 is 17.9 Å². The molecule has 0 bridgehead atoms. The van der Waals surface area contributed by atoms with Crippen LogP contribution in [0.4, 0.5) is 13.2 Å². The van der Waals surface area contributed by atoms with Gasteiger partial charge in [-0.15, -0.1) is 13.2 Å². The molecule has 1 heterocycles. The SMILES string of the molecule is CN=C(NCCc1ccc(Cl)nc1)NCc1ccccc1OC(F)(F)F. The Morgan fingerprint density at radius 3 is 2.62 bits per heavy atom. The highest BCUT2D eigenvalue weighted by Gasteiger charge is 2.31. The van der Waals surface area contributed by atoms with Crippen molar-refractivity contribution in [2.75, 3.05) is 13.6 Å². The number of para-hydroxylation sites is 1. The summed E-state index contributed by atoms with van der Waals surface area (Å²) in [5.41, 5.74) is 1.37. The van der Waals surface area contributed by atoms with Gasteiger partial charge < -0.3 is 15.4 Å². The maximum atomic E-state index is 12.4. The van der Waals surface area contributed by atoms with E-state index < -0.39 is 6.36 Å². The standard InChI is InChI=1S/C17H18ClF3N4O/c1-22-16(23-9-8-12-6-7-15(18)24-10-12)25-11-13-4-2-3-5-14(13)26-17(19,20)21/h2-7,10H,8-9,11H2,1H3,(H2,22,23,25). The van der Waals surface area contributed by atoms with Crippen LogP contribution in [0.25, 0.3) is 0 Å². The summed E-state index contributed by atoms with van der Waals surface area (Å²) in [5.74, 6) is 0.226. The van der Waals surface area contributed by atoms with Gasteiger partial charge in [0.25, 0.3) is 0 Å². The Labute approximate surface area is 154 Å². The summed E-state index contributed by atoms with van der Waals surface area (Å²) < 4.78 is 41.4. The number of halogens is 4. The summed E-state index contributed by atoms with van der Waals surface area (Å²) in [4.78, 5) is 8.05. The third-order valence-electron chi connectivity index (χ3n) is 3.36. The Hall–Kier alpha value is -2.48. The van der Waals surface area contributed by atoms with E-state index in [0.717, 1.165) is 5.56 Å². The Morgan fingerprint density at radius 2 is 1.96 bits per heavy atom. The third kappa shape index (κ3) is 6.79. The quantitative estimate of drug-likeness (QED) is 0.453. The molecule has 9 heteroatoms. The van der Waals surface area contributed by atoms with Gasteiger partial charge in [0.15, 0.2) is 5.96 Å². The third-order valence-corrected chi connectivity index (χ3v) is 3.59. The summed E-state index contributed by atoms with van der Waals surface area (Å²) in [7, 11) is 1.58. The number of pyridine rings is 1. The van der Waals surface area contributed by atoms with Gasteiger partial charge in [-0.05, 0) is 24.1 Å². The fourth-order valence-electron chi connectivity index (χ4n) is 2.15. The highest BCUT2D eigenvalue weighted by molar-refractivity contribution is 6.29. The average Bonchev–Trinajstić information content (AvgIpc) is 2.59. The van der Waals surface area contributed by atoms with Gasteiger partial charge in [-0.2, -0.15) is 0 Å². The number of rotatable bonds is 6. The van der Waals surface area contributed by atoms with Crippen molar-refractivity contribution in [2.45, 2.75) is 19.3 Å². The summed E-state index contributed by atoms with van der Waals surface area (Å²) in [5, 5.41) is 6.48. The molecule has 0 unspecified atom stereocenters. The van der Waals surface area contributed by atoms with Gasteiger partial charge >= 0.3 is 6.36 Å². The number of aromatic nitrogens is 1. The first-order valence-electron chi connectivity index (χ1n) is 7.76. The molecule has 0 amide bonds. The van der Waals surface area contributed by atoms with Gasteiger partial charge in [-0.1, -0.05) is 35.9 Å². The lowest BCUT2D eigenvalue weighted by Gasteiger charge is -2.15. The first kappa shape index (κ1) is 19.8. The van der Waals surface area contributed by atoms with Crippen LogP contribution in [0.3, 0.4) is 0 Å². The molecule has 140 valence electrons. The van der Waals surface area contributed by atoms with Crippen LogP contribution < -0.4 is 15.4 Å². The number of aliphatic imine (C=N–C) groups is 1. The topological polar surface area (TPSA) is 58.5 Å². The summed E-state index contributed by atoms with van der Waals surface area (Å²) in [6.45, 7) is 0.706. The normalized spacial score (nSPS) is 12.0. The maximum Gasteiger partial charge on any atom is 0.573 e.